The van der Waals surface area contributed by atoms with Gasteiger partial charge in [-0.1, -0.05) is 19.8 Å². The molecule has 5 nitrogen and oxygen atoms in total. The first-order chi connectivity index (χ1) is 8.69. The van der Waals surface area contributed by atoms with Crippen molar-refractivity contribution in [2.45, 2.75) is 32.2 Å². The molecule has 18 heavy (non-hydrogen) atoms. The van der Waals surface area contributed by atoms with E-state index in [9.17, 15) is 9.59 Å². The number of methoxy groups -OCH3 is 1. The van der Waals surface area contributed by atoms with Crippen molar-refractivity contribution in [3.63, 3.8) is 0 Å². The molecule has 1 rings (SSSR count). The number of nitrogens with one attached hydrogen (secondary N) is 1. The molecule has 0 unspecified atom stereocenters. The van der Waals surface area contributed by atoms with Gasteiger partial charge >= 0.3 is 5.97 Å². The second-order valence-electron chi connectivity index (χ2n) is 3.93. The second-order valence-corrected chi connectivity index (χ2v) is 3.93. The maximum absolute atomic E-state index is 11.9. The molecule has 1 aromatic heterocycles. The molecule has 5 heteroatoms. The molecule has 1 atom stereocenters. The van der Waals surface area contributed by atoms with Crippen LogP contribution in [0.5, 0.6) is 0 Å². The van der Waals surface area contributed by atoms with Crippen molar-refractivity contribution in [1.29, 1.82) is 0 Å². The zero-order valence-electron chi connectivity index (χ0n) is 10.7. The predicted octanol–water partition coefficient (Wildman–Crippen LogP) is 1.54. The Hall–Kier alpha value is -1.91. The van der Waals surface area contributed by atoms with Gasteiger partial charge in [0.15, 0.2) is 0 Å². The molecule has 0 radical (unpaired) electrons. The van der Waals surface area contributed by atoms with Gasteiger partial charge in [0.2, 0.25) is 0 Å². The Labute approximate surface area is 107 Å². The van der Waals surface area contributed by atoms with Gasteiger partial charge in [0, 0.05) is 12.4 Å². The Kier molecular flexibility index (Phi) is 5.84. The first-order valence-corrected chi connectivity index (χ1v) is 5.97. The fraction of sp³-hybridized carbons (Fsp3) is 0.462. The van der Waals surface area contributed by atoms with Crippen molar-refractivity contribution in [2.75, 3.05) is 7.11 Å². The lowest BCUT2D eigenvalue weighted by molar-refractivity contribution is -0.143. The maximum Gasteiger partial charge on any atom is 0.328 e. The van der Waals surface area contributed by atoms with Crippen molar-refractivity contribution >= 4 is 11.9 Å². The van der Waals surface area contributed by atoms with Gasteiger partial charge in [-0.15, -0.1) is 0 Å². The molecule has 0 aromatic carbocycles. The van der Waals surface area contributed by atoms with E-state index < -0.39 is 12.0 Å². The molecule has 0 saturated carbocycles. The molecular weight excluding hydrogens is 232 g/mol. The standard InChI is InChI=1S/C13H18N2O3/c1-3-4-7-11(13(17)18-2)15-12(16)10-6-5-8-14-9-10/h5-6,8-9,11H,3-4,7H2,1-2H3,(H,15,16)/t11-/m1/s1. The van der Waals surface area contributed by atoms with Crippen LogP contribution in [0.3, 0.4) is 0 Å². The minimum Gasteiger partial charge on any atom is -0.467 e. The molecule has 1 amide bonds. The van der Waals surface area contributed by atoms with E-state index in [0.29, 0.717) is 12.0 Å². The smallest absolute Gasteiger partial charge is 0.328 e. The first kappa shape index (κ1) is 14.2. The molecule has 98 valence electrons. The highest BCUT2D eigenvalue weighted by Gasteiger charge is 2.21. The summed E-state index contributed by atoms with van der Waals surface area (Å²) in [6.07, 6.45) is 5.44. The van der Waals surface area contributed by atoms with Crippen molar-refractivity contribution in [3.8, 4) is 0 Å². The molecule has 0 aliphatic heterocycles. The average Bonchev–Trinajstić information content (AvgIpc) is 2.43. The minimum absolute atomic E-state index is 0.311. The highest BCUT2D eigenvalue weighted by atomic mass is 16.5. The highest BCUT2D eigenvalue weighted by molar-refractivity contribution is 5.96. The second kappa shape index (κ2) is 7.42. The van der Waals surface area contributed by atoms with Crippen molar-refractivity contribution in [3.05, 3.63) is 30.1 Å². The lowest BCUT2D eigenvalue weighted by Crippen LogP contribution is -2.41. The lowest BCUT2D eigenvalue weighted by atomic mass is 10.1. The van der Waals surface area contributed by atoms with Gasteiger partial charge in [0.1, 0.15) is 6.04 Å². The van der Waals surface area contributed by atoms with Crippen LogP contribution in [0.1, 0.15) is 36.5 Å². The van der Waals surface area contributed by atoms with Crippen LogP contribution < -0.4 is 5.32 Å². The molecule has 0 aliphatic carbocycles. The summed E-state index contributed by atoms with van der Waals surface area (Å²) in [6, 6.07) is 2.73. The molecule has 0 spiro atoms. The van der Waals surface area contributed by atoms with Crippen LogP contribution in [0.15, 0.2) is 24.5 Å². The van der Waals surface area contributed by atoms with Crippen LogP contribution in [-0.4, -0.2) is 30.0 Å². The van der Waals surface area contributed by atoms with Crippen LogP contribution in [0.25, 0.3) is 0 Å². The van der Waals surface area contributed by atoms with E-state index in [-0.39, 0.29) is 5.91 Å². The number of esters is 1. The van der Waals surface area contributed by atoms with Gasteiger partial charge in [-0.05, 0) is 18.6 Å². The molecular formula is C13H18N2O3. The van der Waals surface area contributed by atoms with Crippen molar-refractivity contribution < 1.29 is 14.3 Å². The number of carbonyl (C=O) groups is 2. The van der Waals surface area contributed by atoms with E-state index >= 15 is 0 Å². The average molecular weight is 250 g/mol. The maximum atomic E-state index is 11.9. The molecule has 1 heterocycles. The van der Waals surface area contributed by atoms with Crippen LogP contribution in [0.2, 0.25) is 0 Å². The van der Waals surface area contributed by atoms with Crippen molar-refractivity contribution in [2.24, 2.45) is 0 Å². The van der Waals surface area contributed by atoms with E-state index in [4.69, 9.17) is 0 Å². The number of rotatable bonds is 6. The number of ether oxygens (including phenoxy) is 1. The Balaban J connectivity index is 2.65. The van der Waals surface area contributed by atoms with Gasteiger partial charge in [-0.3, -0.25) is 9.78 Å². The Morgan fingerprint density at radius 1 is 1.50 bits per heavy atom. The fourth-order valence-corrected chi connectivity index (χ4v) is 1.54. The minimum atomic E-state index is -0.595. The summed E-state index contributed by atoms with van der Waals surface area (Å²) in [6.45, 7) is 2.03. The number of pyridine rings is 1. The molecule has 0 saturated heterocycles. The predicted molar refractivity (Wildman–Crippen MR) is 67.0 cm³/mol. The summed E-state index contributed by atoms with van der Waals surface area (Å²) >= 11 is 0. The van der Waals surface area contributed by atoms with E-state index in [0.717, 1.165) is 12.8 Å². The third kappa shape index (κ3) is 4.16. The third-order valence-corrected chi connectivity index (χ3v) is 2.56. The number of hydrogen-bond donors (Lipinski definition) is 1. The molecule has 1 aromatic rings. The molecule has 0 bridgehead atoms. The summed E-state index contributed by atoms with van der Waals surface area (Å²) in [7, 11) is 1.32. The SMILES string of the molecule is CCCC[C@@H](NC(=O)c1cccnc1)C(=O)OC. The number of unbranched alkanes of at least 4 members (excludes halogenated alkanes) is 1. The summed E-state index contributed by atoms with van der Waals surface area (Å²) in [4.78, 5) is 27.3. The van der Waals surface area contributed by atoms with Gasteiger partial charge in [0.25, 0.3) is 5.91 Å². The number of carbonyl (C=O) groups excluding carboxylic acids is 2. The number of hydrogen-bond acceptors (Lipinski definition) is 4. The van der Waals surface area contributed by atoms with Gasteiger partial charge in [-0.2, -0.15) is 0 Å². The lowest BCUT2D eigenvalue weighted by Gasteiger charge is -2.15. The zero-order valence-corrected chi connectivity index (χ0v) is 10.7. The number of nitrogens with zero attached hydrogens (tertiary/aromatic N) is 1. The third-order valence-electron chi connectivity index (χ3n) is 2.56. The Morgan fingerprint density at radius 3 is 2.83 bits per heavy atom. The Bertz CT molecular complexity index is 392. The van der Waals surface area contributed by atoms with E-state index in [1.807, 2.05) is 6.92 Å². The van der Waals surface area contributed by atoms with Crippen LogP contribution in [0.4, 0.5) is 0 Å². The van der Waals surface area contributed by atoms with E-state index in [1.54, 1.807) is 18.3 Å². The Morgan fingerprint density at radius 2 is 2.28 bits per heavy atom. The number of aromatic nitrogens is 1. The first-order valence-electron chi connectivity index (χ1n) is 5.97. The summed E-state index contributed by atoms with van der Waals surface area (Å²) in [5.41, 5.74) is 0.433. The highest BCUT2D eigenvalue weighted by Crippen LogP contribution is 2.04. The topological polar surface area (TPSA) is 68.3 Å². The molecule has 0 aliphatic rings. The van der Waals surface area contributed by atoms with Crippen LogP contribution >= 0.6 is 0 Å². The van der Waals surface area contributed by atoms with Gasteiger partial charge in [0.05, 0.1) is 12.7 Å². The summed E-state index contributed by atoms with van der Waals surface area (Å²) < 4.78 is 4.68. The summed E-state index contributed by atoms with van der Waals surface area (Å²) in [5.74, 6) is -0.727. The summed E-state index contributed by atoms with van der Waals surface area (Å²) in [5, 5.41) is 2.67. The van der Waals surface area contributed by atoms with Crippen molar-refractivity contribution in [1.82, 2.24) is 10.3 Å². The monoisotopic (exact) mass is 250 g/mol. The largest absolute Gasteiger partial charge is 0.467 e. The van der Waals surface area contributed by atoms with Crippen LogP contribution in [-0.2, 0) is 9.53 Å². The zero-order chi connectivity index (χ0) is 13.4. The molecule has 0 fully saturated rings. The van der Waals surface area contributed by atoms with Gasteiger partial charge in [-0.25, -0.2) is 4.79 Å². The van der Waals surface area contributed by atoms with E-state index in [2.05, 4.69) is 15.0 Å². The quantitative estimate of drug-likeness (QED) is 0.778. The normalized spacial score (nSPS) is 11.7. The number of amides is 1. The van der Waals surface area contributed by atoms with Gasteiger partial charge < -0.3 is 10.1 Å². The van der Waals surface area contributed by atoms with E-state index in [1.165, 1.54) is 13.3 Å². The fourth-order valence-electron chi connectivity index (χ4n) is 1.54. The van der Waals surface area contributed by atoms with Crippen LogP contribution in [0, 0.1) is 0 Å². The molecule has 1 N–H and O–H groups in total.